The van der Waals surface area contributed by atoms with E-state index in [1.165, 1.54) is 5.56 Å². The van der Waals surface area contributed by atoms with Crippen LogP contribution in [0.1, 0.15) is 43.7 Å². The zero-order valence-corrected chi connectivity index (χ0v) is 26.0. The third-order valence-corrected chi connectivity index (χ3v) is 6.07. The second-order valence-electron chi connectivity index (χ2n) is 10.2. The van der Waals surface area contributed by atoms with Crippen LogP contribution in [0.4, 0.5) is 13.2 Å². The highest BCUT2D eigenvalue weighted by molar-refractivity contribution is 5.96. The summed E-state index contributed by atoms with van der Waals surface area (Å²) < 4.78 is 43.1. The fourth-order valence-corrected chi connectivity index (χ4v) is 3.66. The molecule has 0 heterocycles. The van der Waals surface area contributed by atoms with E-state index < -0.39 is 12.1 Å². The number of halogens is 3. The van der Waals surface area contributed by atoms with Crippen molar-refractivity contribution in [2.75, 3.05) is 54.1 Å². The molecule has 13 heteroatoms. The average molecular weight is 626 g/mol. The first kappa shape index (κ1) is 38.3. The fourth-order valence-electron chi connectivity index (χ4n) is 3.66. The number of hydrogen-bond acceptors (Lipinski definition) is 7. The van der Waals surface area contributed by atoms with E-state index in [9.17, 15) is 18.0 Å². The predicted octanol–water partition coefficient (Wildman–Crippen LogP) is 4.22. The molecule has 0 saturated carbocycles. The standard InChI is InChI=1S/C29H45N5O3.C2HF3O2/c1-5-6-16-32-29(30)33-28(35)15-11-23-10-14-26(27(21-23)37-20-7-19-36-4)25-12-8-24(9-13-25)22-31-17-18-34(2)3;3-2(4,5)1(6)7/h8-10,12-14,21,31H,5-7,11,15-20,22H2,1-4H3,(H3,30,32,33,35);(H,6,7). The van der Waals surface area contributed by atoms with Crippen molar-refractivity contribution in [3.05, 3.63) is 53.6 Å². The van der Waals surface area contributed by atoms with Crippen molar-refractivity contribution in [3.63, 3.8) is 0 Å². The number of nitrogens with two attached hydrogens (primary N) is 1. The number of benzene rings is 2. The second-order valence-corrected chi connectivity index (χ2v) is 10.2. The normalized spacial score (nSPS) is 11.6. The van der Waals surface area contributed by atoms with Crippen LogP contribution in [0, 0.1) is 0 Å². The number of aryl methyl sites for hydroxylation is 1. The van der Waals surface area contributed by atoms with Crippen LogP contribution in [0.3, 0.4) is 0 Å². The molecular weight excluding hydrogens is 579 g/mol. The molecule has 2 aromatic rings. The van der Waals surface area contributed by atoms with Gasteiger partial charge in [-0.3, -0.25) is 15.1 Å². The summed E-state index contributed by atoms with van der Waals surface area (Å²) in [7, 11) is 5.84. The molecule has 0 saturated heterocycles. The van der Waals surface area contributed by atoms with Gasteiger partial charge in [-0.1, -0.05) is 49.7 Å². The molecule has 0 unspecified atom stereocenters. The van der Waals surface area contributed by atoms with E-state index in [0.717, 1.165) is 61.3 Å². The minimum absolute atomic E-state index is 0.140. The third-order valence-electron chi connectivity index (χ3n) is 6.07. The van der Waals surface area contributed by atoms with Crippen LogP contribution in [0.15, 0.2) is 47.5 Å². The summed E-state index contributed by atoms with van der Waals surface area (Å²) in [5, 5.41) is 13.3. The third kappa shape index (κ3) is 16.8. The number of carbonyl (C=O) groups excluding carboxylic acids is 1. The van der Waals surface area contributed by atoms with Crippen LogP contribution < -0.4 is 21.1 Å². The Morgan fingerprint density at radius 2 is 1.70 bits per heavy atom. The number of carboxylic acids is 1. The number of nitrogens with one attached hydrogen (secondary N) is 2. The molecule has 0 spiro atoms. The van der Waals surface area contributed by atoms with E-state index in [2.05, 4.69) is 77.9 Å². The highest BCUT2D eigenvalue weighted by Gasteiger charge is 2.38. The maximum absolute atomic E-state index is 12.3. The molecule has 246 valence electrons. The van der Waals surface area contributed by atoms with Gasteiger partial charge in [-0.15, -0.1) is 0 Å². The summed E-state index contributed by atoms with van der Waals surface area (Å²) in [5.41, 5.74) is 10.2. The molecule has 0 atom stereocenters. The van der Waals surface area contributed by atoms with Crippen molar-refractivity contribution in [2.45, 2.75) is 51.7 Å². The topological polar surface area (TPSA) is 139 Å². The highest BCUT2D eigenvalue weighted by Crippen LogP contribution is 2.32. The maximum Gasteiger partial charge on any atom is 0.490 e. The molecule has 0 aromatic heterocycles. The van der Waals surface area contributed by atoms with Crippen molar-refractivity contribution in [1.82, 2.24) is 15.5 Å². The molecule has 0 radical (unpaired) electrons. The maximum atomic E-state index is 12.3. The van der Waals surface area contributed by atoms with Crippen LogP contribution in [-0.4, -0.2) is 88.1 Å². The SMILES string of the molecule is CCCCN=C(N)NC(=O)CCc1ccc(-c2ccc(CNCCN(C)C)cc2)c(OCCCOC)c1.O=C(O)C(F)(F)F. The monoisotopic (exact) mass is 625 g/mol. The van der Waals surface area contributed by atoms with Gasteiger partial charge in [-0.25, -0.2) is 4.79 Å². The molecule has 5 N–H and O–H groups in total. The Kier molecular flexibility index (Phi) is 18.4. The number of likely N-dealkylation sites (N-methyl/N-ethyl adjacent to an activating group) is 1. The van der Waals surface area contributed by atoms with Crippen molar-refractivity contribution in [2.24, 2.45) is 10.7 Å². The Balaban J connectivity index is 0.00000123. The van der Waals surface area contributed by atoms with Gasteiger partial charge in [0.1, 0.15) is 5.75 Å². The fraction of sp³-hybridized carbons (Fsp3) is 0.516. The summed E-state index contributed by atoms with van der Waals surface area (Å²) in [4.78, 5) is 27.5. The van der Waals surface area contributed by atoms with Gasteiger partial charge in [0.2, 0.25) is 5.91 Å². The number of rotatable bonds is 17. The molecule has 44 heavy (non-hydrogen) atoms. The number of nitrogens with zero attached hydrogens (tertiary/aromatic N) is 2. The largest absolute Gasteiger partial charge is 0.493 e. The van der Waals surface area contributed by atoms with Crippen molar-refractivity contribution >= 4 is 17.8 Å². The Morgan fingerprint density at radius 3 is 2.30 bits per heavy atom. The number of guanidine groups is 1. The average Bonchev–Trinajstić information content (AvgIpc) is 2.97. The molecule has 0 aliphatic heterocycles. The Hall–Kier alpha value is -3.68. The number of hydrogen-bond donors (Lipinski definition) is 4. The lowest BCUT2D eigenvalue weighted by Crippen LogP contribution is -2.37. The number of alkyl halides is 3. The first-order valence-electron chi connectivity index (χ1n) is 14.5. The summed E-state index contributed by atoms with van der Waals surface area (Å²) >= 11 is 0. The molecule has 0 aliphatic carbocycles. The molecule has 10 nitrogen and oxygen atoms in total. The second kappa shape index (κ2) is 21.1. The molecular formula is C31H46F3N5O5. The highest BCUT2D eigenvalue weighted by atomic mass is 19.4. The summed E-state index contributed by atoms with van der Waals surface area (Å²) in [6.45, 7) is 6.72. The minimum atomic E-state index is -5.08. The summed E-state index contributed by atoms with van der Waals surface area (Å²) in [5.74, 6) is -1.90. The van der Waals surface area contributed by atoms with Crippen LogP contribution in [0.5, 0.6) is 5.75 Å². The number of ether oxygens (including phenoxy) is 2. The van der Waals surface area contributed by atoms with E-state index >= 15 is 0 Å². The Bertz CT molecular complexity index is 1160. The van der Waals surface area contributed by atoms with E-state index in [0.29, 0.717) is 32.6 Å². The van der Waals surface area contributed by atoms with Gasteiger partial charge in [0.05, 0.1) is 6.61 Å². The zero-order valence-electron chi connectivity index (χ0n) is 26.0. The van der Waals surface area contributed by atoms with E-state index in [4.69, 9.17) is 25.1 Å². The molecule has 2 aromatic carbocycles. The van der Waals surface area contributed by atoms with Crippen LogP contribution in [0.25, 0.3) is 11.1 Å². The number of aliphatic carboxylic acids is 1. The lowest BCUT2D eigenvalue weighted by molar-refractivity contribution is -0.192. The van der Waals surface area contributed by atoms with Crippen molar-refractivity contribution in [3.8, 4) is 16.9 Å². The number of amides is 1. The van der Waals surface area contributed by atoms with E-state index in [-0.39, 0.29) is 11.9 Å². The lowest BCUT2D eigenvalue weighted by Gasteiger charge is -2.15. The Morgan fingerprint density at radius 1 is 1.05 bits per heavy atom. The van der Waals surface area contributed by atoms with Gasteiger partial charge < -0.3 is 30.5 Å². The number of carbonyl (C=O) groups is 2. The predicted molar refractivity (Wildman–Crippen MR) is 166 cm³/mol. The van der Waals surface area contributed by atoms with Gasteiger partial charge >= 0.3 is 12.1 Å². The van der Waals surface area contributed by atoms with Gasteiger partial charge in [-0.05, 0) is 49.7 Å². The van der Waals surface area contributed by atoms with E-state index in [1.54, 1.807) is 7.11 Å². The summed E-state index contributed by atoms with van der Waals surface area (Å²) in [6, 6.07) is 14.7. The van der Waals surface area contributed by atoms with E-state index in [1.807, 2.05) is 6.07 Å². The first-order valence-corrected chi connectivity index (χ1v) is 14.5. The summed E-state index contributed by atoms with van der Waals surface area (Å²) in [6.07, 6.45) is -1.39. The van der Waals surface area contributed by atoms with Gasteiger partial charge in [0.15, 0.2) is 5.96 Å². The lowest BCUT2D eigenvalue weighted by atomic mass is 9.99. The molecule has 0 fully saturated rings. The van der Waals surface area contributed by atoms with Gasteiger partial charge in [-0.2, -0.15) is 13.2 Å². The minimum Gasteiger partial charge on any atom is -0.493 e. The Labute approximate surface area is 257 Å². The molecule has 0 aliphatic rings. The first-order chi connectivity index (χ1) is 20.9. The molecule has 2 rings (SSSR count). The number of unbranched alkanes of at least 4 members (excludes halogenated alkanes) is 1. The molecule has 1 amide bonds. The van der Waals surface area contributed by atoms with Crippen molar-refractivity contribution in [1.29, 1.82) is 0 Å². The number of aliphatic imine (C=N–C) groups is 1. The number of carboxylic acid groups (broad SMARTS) is 1. The quantitative estimate of drug-likeness (QED) is 0.117. The smallest absolute Gasteiger partial charge is 0.490 e. The molecule has 0 bridgehead atoms. The van der Waals surface area contributed by atoms with Crippen LogP contribution >= 0.6 is 0 Å². The van der Waals surface area contributed by atoms with Crippen LogP contribution in [0.2, 0.25) is 0 Å². The van der Waals surface area contributed by atoms with Crippen LogP contribution in [-0.2, 0) is 27.3 Å². The van der Waals surface area contributed by atoms with Gasteiger partial charge in [0.25, 0.3) is 0 Å². The van der Waals surface area contributed by atoms with Crippen molar-refractivity contribution < 1.29 is 37.3 Å². The number of methoxy groups -OCH3 is 1. The van der Waals surface area contributed by atoms with Gasteiger partial charge in [0, 0.05) is 58.3 Å². The zero-order chi connectivity index (χ0) is 33.0.